The Morgan fingerprint density at radius 2 is 2.56 bits per heavy atom. The third-order valence-corrected chi connectivity index (χ3v) is 1.57. The van der Waals surface area contributed by atoms with Crippen LogP contribution in [0.3, 0.4) is 0 Å². The molecule has 0 aromatic carbocycles. The Hall–Kier alpha value is -0.150. The molecule has 0 aliphatic carbocycles. The molecular formula is C6H11NOS. The maximum Gasteiger partial charge on any atom is 0.102 e. The van der Waals surface area contributed by atoms with Gasteiger partial charge in [0, 0.05) is 12.6 Å². The van der Waals surface area contributed by atoms with Crippen LogP contribution >= 0.6 is 12.2 Å². The molecule has 2 nitrogen and oxygen atoms in total. The topological polar surface area (TPSA) is 21.3 Å². The molecule has 0 spiro atoms. The lowest BCUT2D eigenvalue weighted by atomic mass is 10.2. The SMILES string of the molecule is CC1CCOCC(=S)N1. The summed E-state index contributed by atoms with van der Waals surface area (Å²) in [6.45, 7) is 3.54. The van der Waals surface area contributed by atoms with Crippen molar-refractivity contribution in [1.29, 1.82) is 0 Å². The third kappa shape index (κ3) is 2.28. The summed E-state index contributed by atoms with van der Waals surface area (Å²) in [5, 5.41) is 3.15. The molecule has 1 aliphatic rings. The predicted octanol–water partition coefficient (Wildman–Crippen LogP) is 0.712. The second-order valence-corrected chi connectivity index (χ2v) is 2.80. The summed E-state index contributed by atoms with van der Waals surface area (Å²) in [5.41, 5.74) is 0. The van der Waals surface area contributed by atoms with E-state index in [1.165, 1.54) is 0 Å². The summed E-state index contributed by atoms with van der Waals surface area (Å²) >= 11 is 4.93. The molecule has 1 N–H and O–H groups in total. The number of nitrogens with one attached hydrogen (secondary N) is 1. The van der Waals surface area contributed by atoms with Gasteiger partial charge in [-0.05, 0) is 13.3 Å². The largest absolute Gasteiger partial charge is 0.375 e. The van der Waals surface area contributed by atoms with Crippen molar-refractivity contribution in [3.63, 3.8) is 0 Å². The van der Waals surface area contributed by atoms with Crippen molar-refractivity contribution in [2.75, 3.05) is 13.2 Å². The molecule has 1 unspecified atom stereocenters. The molecule has 0 aromatic rings. The Labute approximate surface area is 60.6 Å². The van der Waals surface area contributed by atoms with Gasteiger partial charge in [0.2, 0.25) is 0 Å². The van der Waals surface area contributed by atoms with Gasteiger partial charge in [-0.2, -0.15) is 0 Å². The van der Waals surface area contributed by atoms with E-state index in [-0.39, 0.29) is 0 Å². The molecule has 0 saturated carbocycles. The quantitative estimate of drug-likeness (QED) is 0.507. The Morgan fingerprint density at radius 1 is 1.78 bits per heavy atom. The third-order valence-electron chi connectivity index (χ3n) is 1.34. The summed E-state index contributed by atoms with van der Waals surface area (Å²) < 4.78 is 5.17. The second-order valence-electron chi connectivity index (χ2n) is 2.31. The predicted molar refractivity (Wildman–Crippen MR) is 40.6 cm³/mol. The van der Waals surface area contributed by atoms with Crippen molar-refractivity contribution < 1.29 is 4.74 Å². The lowest BCUT2D eigenvalue weighted by Crippen LogP contribution is -2.30. The standard InChI is InChI=1S/C6H11NOS/c1-5-2-3-8-4-6(9)7-5/h5H,2-4H2,1H3,(H,7,9). The normalized spacial score (nSPS) is 29.0. The summed E-state index contributed by atoms with van der Waals surface area (Å²) in [5.74, 6) is 0. The number of thiocarbonyl (C=S) groups is 1. The van der Waals surface area contributed by atoms with Crippen molar-refractivity contribution in [3.8, 4) is 0 Å². The van der Waals surface area contributed by atoms with Gasteiger partial charge in [0.15, 0.2) is 0 Å². The van der Waals surface area contributed by atoms with E-state index in [1.54, 1.807) is 0 Å². The molecule has 0 radical (unpaired) electrons. The molecule has 1 rings (SSSR count). The highest BCUT2D eigenvalue weighted by molar-refractivity contribution is 7.80. The smallest absolute Gasteiger partial charge is 0.102 e. The summed E-state index contributed by atoms with van der Waals surface area (Å²) in [6.07, 6.45) is 1.06. The molecule has 1 heterocycles. The minimum Gasteiger partial charge on any atom is -0.375 e. The fourth-order valence-electron chi connectivity index (χ4n) is 0.814. The lowest BCUT2D eigenvalue weighted by Gasteiger charge is -2.07. The van der Waals surface area contributed by atoms with Crippen LogP contribution in [0.4, 0.5) is 0 Å². The zero-order chi connectivity index (χ0) is 6.69. The lowest BCUT2D eigenvalue weighted by molar-refractivity contribution is 0.173. The van der Waals surface area contributed by atoms with Crippen LogP contribution in [0.1, 0.15) is 13.3 Å². The van der Waals surface area contributed by atoms with Crippen molar-refractivity contribution >= 4 is 17.2 Å². The van der Waals surface area contributed by atoms with E-state index >= 15 is 0 Å². The Morgan fingerprint density at radius 3 is 3.33 bits per heavy atom. The maximum atomic E-state index is 5.17. The fraction of sp³-hybridized carbons (Fsp3) is 0.833. The number of hydrogen-bond acceptors (Lipinski definition) is 2. The van der Waals surface area contributed by atoms with Crippen LogP contribution in [0, 0.1) is 0 Å². The van der Waals surface area contributed by atoms with Gasteiger partial charge < -0.3 is 10.1 Å². The van der Waals surface area contributed by atoms with Crippen molar-refractivity contribution in [1.82, 2.24) is 5.32 Å². The van der Waals surface area contributed by atoms with Gasteiger partial charge in [0.1, 0.15) is 4.99 Å². The van der Waals surface area contributed by atoms with E-state index in [0.717, 1.165) is 18.0 Å². The molecule has 0 amide bonds. The minimum atomic E-state index is 0.486. The first-order chi connectivity index (χ1) is 4.29. The van der Waals surface area contributed by atoms with Gasteiger partial charge in [-0.3, -0.25) is 0 Å². The molecule has 0 bridgehead atoms. The average molecular weight is 145 g/mol. The second kappa shape index (κ2) is 3.13. The van der Waals surface area contributed by atoms with Gasteiger partial charge >= 0.3 is 0 Å². The highest BCUT2D eigenvalue weighted by atomic mass is 32.1. The zero-order valence-corrected chi connectivity index (χ0v) is 6.33. The number of hydrogen-bond donors (Lipinski definition) is 1. The van der Waals surface area contributed by atoms with Gasteiger partial charge in [0.05, 0.1) is 6.61 Å². The van der Waals surface area contributed by atoms with E-state index in [4.69, 9.17) is 17.0 Å². The van der Waals surface area contributed by atoms with Gasteiger partial charge in [-0.25, -0.2) is 0 Å². The van der Waals surface area contributed by atoms with E-state index < -0.39 is 0 Å². The maximum absolute atomic E-state index is 5.17. The Balaban J connectivity index is 2.37. The van der Waals surface area contributed by atoms with Crippen LogP contribution in [0.15, 0.2) is 0 Å². The summed E-state index contributed by atoms with van der Waals surface area (Å²) in [6, 6.07) is 0.486. The summed E-state index contributed by atoms with van der Waals surface area (Å²) in [4.78, 5) is 0.833. The van der Waals surface area contributed by atoms with E-state index in [0.29, 0.717) is 12.6 Å². The van der Waals surface area contributed by atoms with Crippen LogP contribution in [0.5, 0.6) is 0 Å². The molecule has 9 heavy (non-hydrogen) atoms. The van der Waals surface area contributed by atoms with Crippen LogP contribution in [-0.4, -0.2) is 24.2 Å². The highest BCUT2D eigenvalue weighted by Gasteiger charge is 2.08. The molecular weight excluding hydrogens is 134 g/mol. The molecule has 1 saturated heterocycles. The Bertz CT molecular complexity index is 116. The Kier molecular flexibility index (Phi) is 2.42. The van der Waals surface area contributed by atoms with Crippen molar-refractivity contribution in [2.24, 2.45) is 0 Å². The molecule has 3 heteroatoms. The minimum absolute atomic E-state index is 0.486. The zero-order valence-electron chi connectivity index (χ0n) is 5.52. The van der Waals surface area contributed by atoms with Gasteiger partial charge in [-0.15, -0.1) is 0 Å². The first-order valence-electron chi connectivity index (χ1n) is 3.16. The summed E-state index contributed by atoms with van der Waals surface area (Å²) in [7, 11) is 0. The molecule has 1 fully saturated rings. The first kappa shape index (κ1) is 6.96. The van der Waals surface area contributed by atoms with Gasteiger partial charge in [0.25, 0.3) is 0 Å². The highest BCUT2D eigenvalue weighted by Crippen LogP contribution is 1.96. The van der Waals surface area contributed by atoms with Crippen LogP contribution in [-0.2, 0) is 4.74 Å². The van der Waals surface area contributed by atoms with E-state index in [2.05, 4.69) is 12.2 Å². The van der Waals surface area contributed by atoms with Crippen LogP contribution in [0.2, 0.25) is 0 Å². The van der Waals surface area contributed by atoms with Crippen molar-refractivity contribution in [2.45, 2.75) is 19.4 Å². The van der Waals surface area contributed by atoms with E-state index in [9.17, 15) is 0 Å². The molecule has 1 aliphatic heterocycles. The number of ether oxygens (including phenoxy) is 1. The first-order valence-corrected chi connectivity index (χ1v) is 3.57. The average Bonchev–Trinajstić information content (AvgIpc) is 1.93. The molecule has 52 valence electrons. The van der Waals surface area contributed by atoms with Gasteiger partial charge in [-0.1, -0.05) is 12.2 Å². The number of rotatable bonds is 0. The van der Waals surface area contributed by atoms with Crippen LogP contribution < -0.4 is 5.32 Å². The fourth-order valence-corrected chi connectivity index (χ4v) is 1.10. The van der Waals surface area contributed by atoms with Crippen LogP contribution in [0.25, 0.3) is 0 Å². The molecule has 0 aromatic heterocycles. The van der Waals surface area contributed by atoms with E-state index in [1.807, 2.05) is 0 Å². The van der Waals surface area contributed by atoms with Crippen molar-refractivity contribution in [3.05, 3.63) is 0 Å². The monoisotopic (exact) mass is 145 g/mol. The molecule has 1 atom stereocenters.